The lowest BCUT2D eigenvalue weighted by molar-refractivity contribution is -0.147. The summed E-state index contributed by atoms with van der Waals surface area (Å²) in [5.41, 5.74) is 1.56. The Labute approximate surface area is 158 Å². The van der Waals surface area contributed by atoms with E-state index in [1.54, 1.807) is 13.0 Å². The average molecular weight is 390 g/mol. The number of amides is 1. The lowest BCUT2D eigenvalue weighted by Crippen LogP contribution is -2.41. The van der Waals surface area contributed by atoms with Crippen LogP contribution in [0.1, 0.15) is 54.0 Å². The zero-order chi connectivity index (χ0) is 17.6. The maximum Gasteiger partial charge on any atom is 0.278 e. The molecule has 2 aliphatic heterocycles. The number of hydrogen-bond donors (Lipinski definition) is 2. The van der Waals surface area contributed by atoms with Crippen LogP contribution in [0.2, 0.25) is 0 Å². The van der Waals surface area contributed by atoms with Crippen molar-refractivity contribution in [3.8, 4) is 0 Å². The molecular formula is C18H26ClF2N3O2. The monoisotopic (exact) mass is 389 g/mol. The highest BCUT2D eigenvalue weighted by molar-refractivity contribution is 5.93. The molecule has 5 nitrogen and oxygen atoms in total. The van der Waals surface area contributed by atoms with Crippen LogP contribution in [0.15, 0.2) is 6.07 Å². The number of aryl methyl sites for hydroxylation is 1. The van der Waals surface area contributed by atoms with Crippen molar-refractivity contribution in [2.24, 2.45) is 5.92 Å². The number of rotatable bonds is 3. The first-order chi connectivity index (χ1) is 12.0. The van der Waals surface area contributed by atoms with Crippen molar-refractivity contribution >= 4 is 18.3 Å². The van der Waals surface area contributed by atoms with Crippen LogP contribution in [0.5, 0.6) is 0 Å². The van der Waals surface area contributed by atoms with E-state index in [9.17, 15) is 13.6 Å². The average Bonchev–Trinajstić information content (AvgIpc) is 3.20. The second kappa shape index (κ2) is 7.44. The molecule has 0 saturated carbocycles. The number of nitrogens with zero attached hydrogens (tertiary/aromatic N) is 1. The van der Waals surface area contributed by atoms with Crippen LogP contribution in [0.25, 0.3) is 0 Å². The van der Waals surface area contributed by atoms with Gasteiger partial charge in [-0.3, -0.25) is 4.79 Å². The molecule has 3 atom stereocenters. The number of piperidine rings is 1. The molecule has 0 radical (unpaired) electrons. The van der Waals surface area contributed by atoms with Crippen molar-refractivity contribution in [1.29, 1.82) is 0 Å². The Morgan fingerprint density at radius 1 is 1.42 bits per heavy atom. The van der Waals surface area contributed by atoms with E-state index in [0.717, 1.165) is 25.9 Å². The minimum absolute atomic E-state index is 0. The number of carbonyl (C=O) groups excluding carboxylic acids is 1. The molecule has 8 heteroatoms. The smallest absolute Gasteiger partial charge is 0.278 e. The number of aromatic amines is 1. The minimum atomic E-state index is -2.89. The van der Waals surface area contributed by atoms with Gasteiger partial charge in [0, 0.05) is 43.4 Å². The fourth-order valence-corrected chi connectivity index (χ4v) is 4.48. The van der Waals surface area contributed by atoms with E-state index in [-0.39, 0.29) is 37.8 Å². The summed E-state index contributed by atoms with van der Waals surface area (Å²) in [5, 5.41) is 3.48. The van der Waals surface area contributed by atoms with E-state index in [0.29, 0.717) is 35.5 Å². The minimum Gasteiger partial charge on any atom is -0.367 e. The fraction of sp³-hybridized carbons (Fsp3) is 0.722. The van der Waals surface area contributed by atoms with E-state index >= 15 is 0 Å². The Bertz CT molecular complexity index is 653. The van der Waals surface area contributed by atoms with Crippen LogP contribution in [0.4, 0.5) is 8.78 Å². The summed E-state index contributed by atoms with van der Waals surface area (Å²) in [6, 6.07) is 1.95. The quantitative estimate of drug-likeness (QED) is 0.835. The van der Waals surface area contributed by atoms with Crippen LogP contribution in [0, 0.1) is 5.92 Å². The normalized spacial score (nSPS) is 29.7. The highest BCUT2D eigenvalue weighted by Gasteiger charge is 2.46. The lowest BCUT2D eigenvalue weighted by Gasteiger charge is -2.31. The van der Waals surface area contributed by atoms with Gasteiger partial charge in [0.25, 0.3) is 11.8 Å². The fourth-order valence-electron chi connectivity index (χ4n) is 4.48. The van der Waals surface area contributed by atoms with Gasteiger partial charge in [-0.2, -0.15) is 0 Å². The van der Waals surface area contributed by atoms with Gasteiger partial charge in [-0.25, -0.2) is 8.78 Å². The van der Waals surface area contributed by atoms with E-state index in [2.05, 4.69) is 10.3 Å². The van der Waals surface area contributed by atoms with Gasteiger partial charge in [-0.1, -0.05) is 0 Å². The lowest BCUT2D eigenvalue weighted by atomic mass is 9.91. The molecule has 0 spiro atoms. The Morgan fingerprint density at radius 2 is 2.23 bits per heavy atom. The topological polar surface area (TPSA) is 57.4 Å². The SMILES string of the molecule is CCOC1c2cc(C(=O)N3C[C@H]4CCCN[C@H]4C3)[nH]c2CCC1(F)F.Cl. The van der Waals surface area contributed by atoms with Crippen LogP contribution in [-0.4, -0.2) is 54.0 Å². The number of likely N-dealkylation sites (tertiary alicyclic amines) is 1. The van der Waals surface area contributed by atoms with Gasteiger partial charge in [-0.05, 0) is 44.7 Å². The zero-order valence-corrected chi connectivity index (χ0v) is 15.7. The number of H-pyrrole nitrogens is 1. The molecule has 3 aliphatic rings. The Hall–Kier alpha value is -1.18. The van der Waals surface area contributed by atoms with Crippen molar-refractivity contribution in [2.75, 3.05) is 26.2 Å². The molecule has 1 aliphatic carbocycles. The Balaban J connectivity index is 0.00000196. The first kappa shape index (κ1) is 19.6. The number of carbonyl (C=O) groups is 1. The van der Waals surface area contributed by atoms with Crippen LogP contribution < -0.4 is 5.32 Å². The van der Waals surface area contributed by atoms with E-state index in [1.807, 2.05) is 4.90 Å². The molecule has 2 saturated heterocycles. The van der Waals surface area contributed by atoms with Crippen LogP contribution >= 0.6 is 12.4 Å². The van der Waals surface area contributed by atoms with Crippen molar-refractivity contribution < 1.29 is 18.3 Å². The second-order valence-corrected chi connectivity index (χ2v) is 7.39. The highest BCUT2D eigenvalue weighted by Crippen LogP contribution is 2.44. The van der Waals surface area contributed by atoms with Gasteiger partial charge in [0.15, 0.2) is 0 Å². The molecule has 26 heavy (non-hydrogen) atoms. The molecule has 146 valence electrons. The Kier molecular flexibility index (Phi) is 5.61. The van der Waals surface area contributed by atoms with Crippen molar-refractivity contribution in [3.05, 3.63) is 23.0 Å². The van der Waals surface area contributed by atoms with E-state index in [4.69, 9.17) is 4.74 Å². The zero-order valence-electron chi connectivity index (χ0n) is 14.9. The molecule has 2 fully saturated rings. The van der Waals surface area contributed by atoms with Crippen LogP contribution in [0.3, 0.4) is 0 Å². The second-order valence-electron chi connectivity index (χ2n) is 7.39. The molecule has 0 aromatic carbocycles. The molecule has 1 aromatic heterocycles. The largest absolute Gasteiger partial charge is 0.367 e. The predicted molar refractivity (Wildman–Crippen MR) is 96.1 cm³/mol. The van der Waals surface area contributed by atoms with Gasteiger partial charge in [0.05, 0.1) is 0 Å². The summed E-state index contributed by atoms with van der Waals surface area (Å²) in [6.07, 6.45) is 1.01. The molecule has 1 amide bonds. The molecule has 0 bridgehead atoms. The van der Waals surface area contributed by atoms with E-state index in [1.165, 1.54) is 0 Å². The molecule has 3 heterocycles. The van der Waals surface area contributed by atoms with E-state index < -0.39 is 12.0 Å². The molecular weight excluding hydrogens is 364 g/mol. The van der Waals surface area contributed by atoms with Gasteiger partial charge >= 0.3 is 0 Å². The van der Waals surface area contributed by atoms with Gasteiger partial charge in [-0.15, -0.1) is 12.4 Å². The number of halogens is 3. The maximum absolute atomic E-state index is 14.2. The first-order valence-corrected chi connectivity index (χ1v) is 9.23. The molecule has 1 unspecified atom stereocenters. The first-order valence-electron chi connectivity index (χ1n) is 9.23. The number of ether oxygens (including phenoxy) is 1. The summed E-state index contributed by atoms with van der Waals surface area (Å²) in [4.78, 5) is 17.8. The maximum atomic E-state index is 14.2. The van der Waals surface area contributed by atoms with Gasteiger partial charge in [0.2, 0.25) is 0 Å². The third-order valence-corrected chi connectivity index (χ3v) is 5.76. The van der Waals surface area contributed by atoms with Gasteiger partial charge in [0.1, 0.15) is 11.8 Å². The standard InChI is InChI=1S/C18H25F2N3O2.ClH/c1-2-25-16-12-8-14(22-13(12)5-6-18(16,19)20)17(24)23-9-11-4-3-7-21-15(11)10-23;/h8,11,15-16,21-22H,2-7,9-10H2,1H3;1H/t11-,15+,16?;/m1./s1. The van der Waals surface area contributed by atoms with Crippen molar-refractivity contribution in [2.45, 2.75) is 50.7 Å². The third kappa shape index (κ3) is 3.37. The summed E-state index contributed by atoms with van der Waals surface area (Å²) in [5.74, 6) is -2.48. The van der Waals surface area contributed by atoms with Crippen molar-refractivity contribution in [1.82, 2.24) is 15.2 Å². The number of fused-ring (bicyclic) bond motifs is 2. The third-order valence-electron chi connectivity index (χ3n) is 5.76. The summed E-state index contributed by atoms with van der Waals surface area (Å²) in [6.45, 7) is 4.37. The molecule has 2 N–H and O–H groups in total. The summed E-state index contributed by atoms with van der Waals surface area (Å²) in [7, 11) is 0. The van der Waals surface area contributed by atoms with Gasteiger partial charge < -0.3 is 19.9 Å². The summed E-state index contributed by atoms with van der Waals surface area (Å²) < 4.78 is 33.7. The number of hydrogen-bond acceptors (Lipinski definition) is 3. The predicted octanol–water partition coefficient (Wildman–Crippen LogP) is 2.92. The number of aromatic nitrogens is 1. The summed E-state index contributed by atoms with van der Waals surface area (Å²) >= 11 is 0. The number of alkyl halides is 2. The number of nitrogens with one attached hydrogen (secondary N) is 2. The van der Waals surface area contributed by atoms with Crippen LogP contribution in [-0.2, 0) is 11.2 Å². The molecule has 4 rings (SSSR count). The molecule has 1 aromatic rings. The highest BCUT2D eigenvalue weighted by atomic mass is 35.5. The Morgan fingerprint density at radius 3 is 2.96 bits per heavy atom. The van der Waals surface area contributed by atoms with Crippen molar-refractivity contribution in [3.63, 3.8) is 0 Å².